The summed E-state index contributed by atoms with van der Waals surface area (Å²) < 4.78 is 27.8. The van der Waals surface area contributed by atoms with Crippen molar-refractivity contribution in [1.82, 2.24) is 15.5 Å². The highest BCUT2D eigenvalue weighted by Crippen LogP contribution is 2.25. The highest BCUT2D eigenvalue weighted by atomic mass is 19.1. The molecule has 3 N–H and O–H groups in total. The van der Waals surface area contributed by atoms with Crippen LogP contribution in [0.4, 0.5) is 8.78 Å². The van der Waals surface area contributed by atoms with Gasteiger partial charge < -0.3 is 20.6 Å². The molecule has 3 amide bonds. The summed E-state index contributed by atoms with van der Waals surface area (Å²) in [5.74, 6) is -2.37. The van der Waals surface area contributed by atoms with Gasteiger partial charge in [-0.3, -0.25) is 14.4 Å². The molecule has 228 valence electrons. The molecule has 0 saturated carbocycles. The molecule has 0 heterocycles. The van der Waals surface area contributed by atoms with Gasteiger partial charge in [-0.2, -0.15) is 0 Å². The van der Waals surface area contributed by atoms with Crippen molar-refractivity contribution in [3.63, 3.8) is 0 Å². The molecule has 7 nitrogen and oxygen atoms in total. The normalized spacial score (nSPS) is 17.1. The van der Waals surface area contributed by atoms with Crippen molar-refractivity contribution in [3.05, 3.63) is 58.7 Å². The first-order valence-corrected chi connectivity index (χ1v) is 14.9. The molecular formula is C32H47F2N3O4. The van der Waals surface area contributed by atoms with E-state index in [4.69, 9.17) is 0 Å². The van der Waals surface area contributed by atoms with Crippen LogP contribution in [0.1, 0.15) is 78.7 Å². The number of aliphatic hydroxyl groups is 1. The summed E-state index contributed by atoms with van der Waals surface area (Å²) in [7, 11) is 0. The molecule has 4 atom stereocenters. The molecule has 0 aromatic heterocycles. The van der Waals surface area contributed by atoms with Gasteiger partial charge in [0.05, 0.1) is 18.1 Å². The highest BCUT2D eigenvalue weighted by Gasteiger charge is 2.29. The Morgan fingerprint density at radius 1 is 1.07 bits per heavy atom. The first kappa shape index (κ1) is 34.1. The van der Waals surface area contributed by atoms with Gasteiger partial charge in [-0.05, 0) is 62.6 Å². The fraction of sp³-hybridized carbons (Fsp3) is 0.594. The smallest absolute Gasteiger partial charge is 0.251 e. The number of carbonyl (C=O) groups excluding carboxylic acids is 3. The summed E-state index contributed by atoms with van der Waals surface area (Å²) in [6.45, 7) is 11.4. The van der Waals surface area contributed by atoms with Crippen LogP contribution in [-0.2, 0) is 20.8 Å². The molecule has 0 aliphatic heterocycles. The standard InChI is InChI=1S/C32H47F2N3O4/c1-6-11-37(12-7-2)32(41)25-14-22(5)13-24(19-25)31(40)36-28(18-23-16-26(33)20-27(34)17-23)29(38)9-10-35-30(39)15-21(4)8-3/h13,16-17,19-21,25,28-29,38H,6-12,14-15,18H2,1-5H3,(H,35,39)(H,36,40). The highest BCUT2D eigenvalue weighted by molar-refractivity contribution is 5.98. The maximum Gasteiger partial charge on any atom is 0.251 e. The molecule has 0 fully saturated rings. The minimum absolute atomic E-state index is 0.0218. The zero-order valence-corrected chi connectivity index (χ0v) is 25.1. The number of hydrogen-bond donors (Lipinski definition) is 3. The summed E-state index contributed by atoms with van der Waals surface area (Å²) in [5.41, 5.74) is 1.47. The Kier molecular flexibility index (Phi) is 14.2. The maximum atomic E-state index is 13.9. The second kappa shape index (κ2) is 17.0. The zero-order chi connectivity index (χ0) is 30.5. The number of hydrogen-bond acceptors (Lipinski definition) is 4. The number of nitrogens with zero attached hydrogens (tertiary/aromatic N) is 1. The lowest BCUT2D eigenvalue weighted by Gasteiger charge is -2.29. The molecule has 9 heteroatoms. The Bertz CT molecular complexity index is 1080. The van der Waals surface area contributed by atoms with Crippen LogP contribution in [-0.4, -0.2) is 59.5 Å². The Hall–Kier alpha value is -3.07. The number of rotatable bonds is 16. The second-order valence-corrected chi connectivity index (χ2v) is 11.2. The summed E-state index contributed by atoms with van der Waals surface area (Å²) in [5, 5.41) is 16.7. The largest absolute Gasteiger partial charge is 0.391 e. The van der Waals surface area contributed by atoms with Crippen LogP contribution in [0.5, 0.6) is 0 Å². The Labute approximate surface area is 243 Å². The van der Waals surface area contributed by atoms with E-state index in [1.165, 1.54) is 0 Å². The number of nitrogens with one attached hydrogen (secondary N) is 2. The van der Waals surface area contributed by atoms with E-state index in [-0.39, 0.29) is 42.7 Å². The Balaban J connectivity index is 2.21. The van der Waals surface area contributed by atoms with Crippen molar-refractivity contribution < 1.29 is 28.3 Å². The molecule has 1 aromatic carbocycles. The molecule has 1 aromatic rings. The number of carbonyl (C=O) groups is 3. The van der Waals surface area contributed by atoms with E-state index >= 15 is 0 Å². The summed E-state index contributed by atoms with van der Waals surface area (Å²) in [6, 6.07) is 2.20. The van der Waals surface area contributed by atoms with Gasteiger partial charge in [0, 0.05) is 37.7 Å². The SMILES string of the molecule is CCCN(CCC)C(=O)C1C=C(C(=O)NC(Cc2cc(F)cc(F)c2)C(O)CCNC(=O)CC(C)CC)C=C(C)C1. The third-order valence-corrected chi connectivity index (χ3v) is 7.35. The van der Waals surface area contributed by atoms with Crippen molar-refractivity contribution in [2.24, 2.45) is 11.8 Å². The van der Waals surface area contributed by atoms with E-state index in [9.17, 15) is 28.3 Å². The molecule has 2 rings (SSSR count). The average Bonchev–Trinajstić information content (AvgIpc) is 2.91. The number of allylic oxidation sites excluding steroid dienone is 1. The van der Waals surface area contributed by atoms with Gasteiger partial charge >= 0.3 is 0 Å². The van der Waals surface area contributed by atoms with Crippen LogP contribution in [0.3, 0.4) is 0 Å². The maximum absolute atomic E-state index is 13.9. The lowest BCUT2D eigenvalue weighted by atomic mass is 9.89. The molecule has 0 saturated heterocycles. The average molecular weight is 576 g/mol. The Morgan fingerprint density at radius 3 is 2.29 bits per heavy atom. The number of benzene rings is 1. The van der Waals surface area contributed by atoms with Gasteiger partial charge in [0.2, 0.25) is 11.8 Å². The summed E-state index contributed by atoms with van der Waals surface area (Å²) in [4.78, 5) is 40.7. The first-order chi connectivity index (χ1) is 19.5. The van der Waals surface area contributed by atoms with Gasteiger partial charge in [0.25, 0.3) is 5.91 Å². The van der Waals surface area contributed by atoms with Crippen molar-refractivity contribution in [2.75, 3.05) is 19.6 Å². The van der Waals surface area contributed by atoms with Crippen LogP contribution in [0, 0.1) is 23.5 Å². The first-order valence-electron chi connectivity index (χ1n) is 14.9. The van der Waals surface area contributed by atoms with E-state index in [2.05, 4.69) is 10.6 Å². The van der Waals surface area contributed by atoms with Gasteiger partial charge in [-0.25, -0.2) is 8.78 Å². The molecule has 41 heavy (non-hydrogen) atoms. The lowest BCUT2D eigenvalue weighted by Crippen LogP contribution is -2.46. The fourth-order valence-corrected chi connectivity index (χ4v) is 5.01. The molecule has 0 bridgehead atoms. The quantitative estimate of drug-likeness (QED) is 0.263. The van der Waals surface area contributed by atoms with Crippen molar-refractivity contribution >= 4 is 17.7 Å². The molecular weight excluding hydrogens is 528 g/mol. The van der Waals surface area contributed by atoms with Gasteiger partial charge in [0.1, 0.15) is 11.6 Å². The van der Waals surface area contributed by atoms with E-state index in [1.807, 2.05) is 39.5 Å². The van der Waals surface area contributed by atoms with Gasteiger partial charge in [-0.15, -0.1) is 0 Å². The molecule has 0 radical (unpaired) electrons. The predicted octanol–water partition coefficient (Wildman–Crippen LogP) is 4.84. The second-order valence-electron chi connectivity index (χ2n) is 11.2. The minimum Gasteiger partial charge on any atom is -0.391 e. The van der Waals surface area contributed by atoms with Crippen molar-refractivity contribution in [2.45, 2.75) is 91.7 Å². The lowest BCUT2D eigenvalue weighted by molar-refractivity contribution is -0.134. The van der Waals surface area contributed by atoms with E-state index in [0.29, 0.717) is 31.5 Å². The van der Waals surface area contributed by atoms with E-state index < -0.39 is 35.6 Å². The monoisotopic (exact) mass is 575 g/mol. The van der Waals surface area contributed by atoms with Crippen LogP contribution >= 0.6 is 0 Å². The third kappa shape index (κ3) is 11.4. The van der Waals surface area contributed by atoms with E-state index in [0.717, 1.165) is 43.0 Å². The molecule has 4 unspecified atom stereocenters. The number of halogens is 2. The fourth-order valence-electron chi connectivity index (χ4n) is 5.01. The molecule has 1 aliphatic rings. The topological polar surface area (TPSA) is 98.7 Å². The Morgan fingerprint density at radius 2 is 1.71 bits per heavy atom. The van der Waals surface area contributed by atoms with Crippen molar-refractivity contribution in [3.8, 4) is 0 Å². The van der Waals surface area contributed by atoms with Crippen LogP contribution in [0.2, 0.25) is 0 Å². The van der Waals surface area contributed by atoms with Crippen LogP contribution in [0.25, 0.3) is 0 Å². The number of amides is 3. The summed E-state index contributed by atoms with van der Waals surface area (Å²) in [6.07, 6.45) is 5.84. The van der Waals surface area contributed by atoms with Crippen LogP contribution in [0.15, 0.2) is 41.5 Å². The third-order valence-electron chi connectivity index (χ3n) is 7.35. The minimum atomic E-state index is -1.11. The molecule has 0 spiro atoms. The van der Waals surface area contributed by atoms with Crippen LogP contribution < -0.4 is 10.6 Å². The van der Waals surface area contributed by atoms with Crippen molar-refractivity contribution in [1.29, 1.82) is 0 Å². The predicted molar refractivity (Wildman–Crippen MR) is 157 cm³/mol. The number of aliphatic hydroxyl groups excluding tert-OH is 1. The van der Waals surface area contributed by atoms with Gasteiger partial charge in [0.15, 0.2) is 0 Å². The van der Waals surface area contributed by atoms with Gasteiger partial charge in [-0.1, -0.05) is 51.8 Å². The summed E-state index contributed by atoms with van der Waals surface area (Å²) >= 11 is 0. The zero-order valence-electron chi connectivity index (χ0n) is 25.1. The molecule has 1 aliphatic carbocycles. The van der Waals surface area contributed by atoms with E-state index in [1.54, 1.807) is 12.2 Å².